The summed E-state index contributed by atoms with van der Waals surface area (Å²) in [7, 11) is 0. The normalized spacial score (nSPS) is 10.4. The molecule has 0 aliphatic heterocycles. The second-order valence-electron chi connectivity index (χ2n) is 2.58. The molecule has 2 heterocycles. The summed E-state index contributed by atoms with van der Waals surface area (Å²) < 4.78 is 0. The van der Waals surface area contributed by atoms with Crippen LogP contribution in [0.5, 0.6) is 0 Å². The number of fused-ring (bicyclic) bond motifs is 1. The summed E-state index contributed by atoms with van der Waals surface area (Å²) in [4.78, 5) is 12.1. The van der Waals surface area contributed by atoms with Crippen LogP contribution < -0.4 is 5.73 Å². The number of hydrogen-bond donors (Lipinski definition) is 1. The summed E-state index contributed by atoms with van der Waals surface area (Å²) >= 11 is 0. The maximum Gasteiger partial charge on any atom is 0.116 e. The Morgan fingerprint density at radius 3 is 2.83 bits per heavy atom. The maximum atomic E-state index is 5.67. The summed E-state index contributed by atoms with van der Waals surface area (Å²) in [6.07, 6.45) is 4.82. The lowest BCUT2D eigenvalue weighted by Crippen LogP contribution is -1.94. The van der Waals surface area contributed by atoms with Crippen molar-refractivity contribution in [2.45, 2.75) is 6.92 Å². The molecule has 4 nitrogen and oxygen atoms in total. The third-order valence-electron chi connectivity index (χ3n) is 1.77. The summed E-state index contributed by atoms with van der Waals surface area (Å²) in [5, 5.41) is 0.914. The fourth-order valence-corrected chi connectivity index (χ4v) is 1.12. The van der Waals surface area contributed by atoms with Crippen molar-refractivity contribution in [1.82, 2.24) is 15.0 Å². The molecule has 0 aliphatic rings. The lowest BCUT2D eigenvalue weighted by Gasteiger charge is -2.01. The molecule has 0 saturated carbocycles. The third kappa shape index (κ3) is 0.887. The minimum absolute atomic E-state index is 0.595. The first-order valence-corrected chi connectivity index (χ1v) is 3.60. The van der Waals surface area contributed by atoms with Gasteiger partial charge in [-0.2, -0.15) is 0 Å². The van der Waals surface area contributed by atoms with Gasteiger partial charge in [-0.05, 0) is 6.92 Å². The summed E-state index contributed by atoms with van der Waals surface area (Å²) in [5.74, 6) is 0. The average molecular weight is 160 g/mol. The Labute approximate surface area is 69.5 Å². The molecule has 2 aromatic heterocycles. The Kier molecular flexibility index (Phi) is 1.40. The fraction of sp³-hybridized carbons (Fsp3) is 0.125. The van der Waals surface area contributed by atoms with E-state index in [9.17, 15) is 0 Å². The van der Waals surface area contributed by atoms with E-state index in [1.807, 2.05) is 6.92 Å². The molecule has 0 aliphatic carbocycles. The zero-order valence-corrected chi connectivity index (χ0v) is 6.65. The van der Waals surface area contributed by atoms with Crippen molar-refractivity contribution in [2.24, 2.45) is 0 Å². The van der Waals surface area contributed by atoms with Crippen LogP contribution in [0, 0.1) is 6.92 Å². The van der Waals surface area contributed by atoms with E-state index < -0.39 is 0 Å². The number of nitrogens with zero attached hydrogens (tertiary/aromatic N) is 3. The van der Waals surface area contributed by atoms with E-state index in [1.54, 1.807) is 12.4 Å². The smallest absolute Gasteiger partial charge is 0.116 e. The van der Waals surface area contributed by atoms with E-state index in [2.05, 4.69) is 15.0 Å². The Bertz CT molecular complexity index is 384. The molecule has 0 spiro atoms. The topological polar surface area (TPSA) is 64.7 Å². The van der Waals surface area contributed by atoms with Gasteiger partial charge in [0.2, 0.25) is 0 Å². The van der Waals surface area contributed by atoms with Crippen LogP contribution in [0.25, 0.3) is 10.9 Å². The van der Waals surface area contributed by atoms with Gasteiger partial charge in [0.15, 0.2) is 0 Å². The van der Waals surface area contributed by atoms with Gasteiger partial charge in [0.25, 0.3) is 0 Å². The van der Waals surface area contributed by atoms with Gasteiger partial charge in [-0.15, -0.1) is 0 Å². The van der Waals surface area contributed by atoms with Crippen LogP contribution in [0.3, 0.4) is 0 Å². The first-order chi connectivity index (χ1) is 5.79. The van der Waals surface area contributed by atoms with Crippen molar-refractivity contribution in [2.75, 3.05) is 5.73 Å². The van der Waals surface area contributed by atoms with Crippen LogP contribution in [0.15, 0.2) is 18.7 Å². The molecule has 2 rings (SSSR count). The molecular weight excluding hydrogens is 152 g/mol. The number of pyridine rings is 1. The minimum atomic E-state index is 0.595. The molecule has 0 aromatic carbocycles. The first-order valence-electron chi connectivity index (χ1n) is 3.60. The average Bonchev–Trinajstić information content (AvgIpc) is 2.12. The number of anilines is 1. The number of aromatic nitrogens is 3. The Morgan fingerprint density at radius 2 is 2.08 bits per heavy atom. The highest BCUT2D eigenvalue weighted by Crippen LogP contribution is 2.17. The van der Waals surface area contributed by atoms with Crippen molar-refractivity contribution in [3.63, 3.8) is 0 Å². The molecule has 2 aromatic rings. The highest BCUT2D eigenvalue weighted by atomic mass is 14.8. The van der Waals surface area contributed by atoms with E-state index in [1.165, 1.54) is 6.33 Å². The molecule has 12 heavy (non-hydrogen) atoms. The van der Waals surface area contributed by atoms with E-state index in [-0.39, 0.29) is 0 Å². The van der Waals surface area contributed by atoms with Crippen molar-refractivity contribution >= 4 is 16.6 Å². The van der Waals surface area contributed by atoms with E-state index in [0.717, 1.165) is 16.6 Å². The zero-order valence-electron chi connectivity index (χ0n) is 6.65. The van der Waals surface area contributed by atoms with E-state index >= 15 is 0 Å². The largest absolute Gasteiger partial charge is 0.396 e. The highest BCUT2D eigenvalue weighted by Gasteiger charge is 2.01. The van der Waals surface area contributed by atoms with Gasteiger partial charge in [-0.3, -0.25) is 4.98 Å². The monoisotopic (exact) mass is 160 g/mol. The summed E-state index contributed by atoms with van der Waals surface area (Å²) in [5.41, 5.74) is 7.95. The molecule has 0 bridgehead atoms. The molecule has 60 valence electrons. The zero-order chi connectivity index (χ0) is 8.55. The molecule has 0 radical (unpaired) electrons. The van der Waals surface area contributed by atoms with Crippen molar-refractivity contribution in [3.05, 3.63) is 24.4 Å². The summed E-state index contributed by atoms with van der Waals surface area (Å²) in [6, 6.07) is 0. The van der Waals surface area contributed by atoms with Crippen LogP contribution in [-0.4, -0.2) is 15.0 Å². The second-order valence-corrected chi connectivity index (χ2v) is 2.58. The van der Waals surface area contributed by atoms with Crippen molar-refractivity contribution < 1.29 is 0 Å². The molecule has 0 atom stereocenters. The summed E-state index contributed by atoms with van der Waals surface area (Å²) in [6.45, 7) is 1.91. The van der Waals surface area contributed by atoms with Crippen LogP contribution in [0.2, 0.25) is 0 Å². The molecule has 0 fully saturated rings. The van der Waals surface area contributed by atoms with Crippen molar-refractivity contribution in [3.8, 4) is 0 Å². The standard InChI is InChI=1S/C8H8N4/c1-5-6-2-10-4-12-8(6)7(9)3-11-5/h2-4H,9H2,1H3. The quantitative estimate of drug-likeness (QED) is 0.622. The first kappa shape index (κ1) is 6.97. The van der Waals surface area contributed by atoms with E-state index in [0.29, 0.717) is 5.69 Å². The second kappa shape index (κ2) is 2.41. The number of aryl methyl sites for hydroxylation is 1. The maximum absolute atomic E-state index is 5.67. The Morgan fingerprint density at radius 1 is 1.25 bits per heavy atom. The van der Waals surface area contributed by atoms with Crippen molar-refractivity contribution in [1.29, 1.82) is 0 Å². The SMILES string of the molecule is Cc1ncc(N)c2ncncc12. The predicted molar refractivity (Wildman–Crippen MR) is 46.5 cm³/mol. The molecule has 0 amide bonds. The van der Waals surface area contributed by atoms with Gasteiger partial charge in [-0.25, -0.2) is 9.97 Å². The van der Waals surface area contributed by atoms with Gasteiger partial charge in [0.1, 0.15) is 6.33 Å². The Hall–Kier alpha value is -1.71. The van der Waals surface area contributed by atoms with Gasteiger partial charge < -0.3 is 5.73 Å². The van der Waals surface area contributed by atoms with Gasteiger partial charge in [0.05, 0.1) is 17.4 Å². The number of nitrogen functional groups attached to an aromatic ring is 1. The van der Waals surface area contributed by atoms with E-state index in [4.69, 9.17) is 5.73 Å². The molecule has 0 unspecified atom stereocenters. The predicted octanol–water partition coefficient (Wildman–Crippen LogP) is 0.915. The molecule has 0 saturated heterocycles. The molecule has 2 N–H and O–H groups in total. The molecular formula is C8H8N4. The van der Waals surface area contributed by atoms with Crippen LogP contribution >= 0.6 is 0 Å². The van der Waals surface area contributed by atoms with Crippen LogP contribution in [0.4, 0.5) is 5.69 Å². The highest BCUT2D eigenvalue weighted by molar-refractivity contribution is 5.89. The minimum Gasteiger partial charge on any atom is -0.396 e. The fourth-order valence-electron chi connectivity index (χ4n) is 1.12. The number of hydrogen-bond acceptors (Lipinski definition) is 4. The lowest BCUT2D eigenvalue weighted by molar-refractivity contribution is 1.17. The molecule has 4 heteroatoms. The lowest BCUT2D eigenvalue weighted by atomic mass is 10.2. The number of rotatable bonds is 0. The third-order valence-corrected chi connectivity index (χ3v) is 1.77. The van der Waals surface area contributed by atoms with Gasteiger partial charge >= 0.3 is 0 Å². The number of nitrogens with two attached hydrogens (primary N) is 1. The Balaban J connectivity index is 2.95. The van der Waals surface area contributed by atoms with Crippen LogP contribution in [-0.2, 0) is 0 Å². The van der Waals surface area contributed by atoms with Gasteiger partial charge in [0, 0.05) is 17.3 Å². The van der Waals surface area contributed by atoms with Crippen LogP contribution in [0.1, 0.15) is 5.69 Å². The van der Waals surface area contributed by atoms with Gasteiger partial charge in [-0.1, -0.05) is 0 Å².